The molecular formula is C56H69N3O. The summed E-state index contributed by atoms with van der Waals surface area (Å²) < 4.78 is 0. The molecule has 1 N–H and O–H groups in total. The summed E-state index contributed by atoms with van der Waals surface area (Å²) in [6.07, 6.45) is 24.8. The number of dihydropyridines is 1. The third kappa shape index (κ3) is 8.64. The number of likely N-dealkylation sites (tertiary alicyclic amines) is 1. The molecule has 3 heterocycles. The molecule has 0 radical (unpaired) electrons. The normalized spacial score (nSPS) is 25.6. The van der Waals surface area contributed by atoms with Crippen LogP contribution in [0, 0.1) is 0 Å². The number of piperidine rings is 1. The zero-order valence-corrected chi connectivity index (χ0v) is 36.9. The van der Waals surface area contributed by atoms with Crippen LogP contribution in [0.2, 0.25) is 0 Å². The molecular weight excluding hydrogens is 731 g/mol. The van der Waals surface area contributed by atoms with E-state index >= 15 is 0 Å². The number of aliphatic imine (C=N–C) groups is 1. The fraction of sp³-hybridized carbons (Fsp3) is 0.464. The SMILES string of the molecule is C1=C(N2CCCC2)CCc2ccccc21.CCC12C=CCN=C1CCc1ccccc12.CCC1C(=O)CCc2ccccc21.CC[C@]12CCCN[C@@H]1CCc1ccccc12. The maximum Gasteiger partial charge on any atom is 0.140 e. The van der Waals surface area contributed by atoms with Crippen molar-refractivity contribution < 1.29 is 4.79 Å². The highest BCUT2D eigenvalue weighted by atomic mass is 16.1. The molecule has 4 atom stereocenters. The van der Waals surface area contributed by atoms with Crippen LogP contribution in [0.4, 0.5) is 0 Å². The maximum atomic E-state index is 11.6. The van der Waals surface area contributed by atoms with Gasteiger partial charge in [0, 0.05) is 48.3 Å². The largest absolute Gasteiger partial charge is 0.375 e. The van der Waals surface area contributed by atoms with Gasteiger partial charge < -0.3 is 10.2 Å². The van der Waals surface area contributed by atoms with E-state index in [9.17, 15) is 4.79 Å². The molecule has 0 spiro atoms. The lowest BCUT2D eigenvalue weighted by atomic mass is 9.61. The highest BCUT2D eigenvalue weighted by Crippen LogP contribution is 2.45. The third-order valence-corrected chi connectivity index (χ3v) is 15.1. The monoisotopic (exact) mass is 800 g/mol. The van der Waals surface area contributed by atoms with E-state index in [1.165, 1.54) is 117 Å². The van der Waals surface area contributed by atoms with Crippen molar-refractivity contribution in [2.45, 2.75) is 140 Å². The topological polar surface area (TPSA) is 44.7 Å². The van der Waals surface area contributed by atoms with Gasteiger partial charge in [0.15, 0.2) is 0 Å². The van der Waals surface area contributed by atoms with E-state index < -0.39 is 0 Å². The summed E-state index contributed by atoms with van der Waals surface area (Å²) in [5.41, 5.74) is 15.3. The second-order valence-electron chi connectivity index (χ2n) is 18.1. The maximum absolute atomic E-state index is 11.6. The lowest BCUT2D eigenvalue weighted by molar-refractivity contribution is -0.121. The number of nitrogens with one attached hydrogen (secondary N) is 1. The number of ketones is 1. The zero-order valence-electron chi connectivity index (χ0n) is 36.9. The fourth-order valence-electron chi connectivity index (χ4n) is 11.9. The van der Waals surface area contributed by atoms with Gasteiger partial charge in [-0.3, -0.25) is 9.79 Å². The van der Waals surface area contributed by atoms with E-state index in [1.54, 1.807) is 16.8 Å². The second kappa shape index (κ2) is 19.4. The van der Waals surface area contributed by atoms with Gasteiger partial charge in [-0.1, -0.05) is 130 Å². The van der Waals surface area contributed by atoms with Crippen molar-refractivity contribution in [2.75, 3.05) is 26.2 Å². The van der Waals surface area contributed by atoms with Gasteiger partial charge in [0.1, 0.15) is 5.78 Å². The number of nitrogens with zero attached hydrogens (tertiary/aromatic N) is 2. The Morgan fingerprint density at radius 1 is 0.683 bits per heavy atom. The Bertz CT molecular complexity index is 2190. The van der Waals surface area contributed by atoms with Crippen LogP contribution in [0.25, 0.3) is 6.08 Å². The average molecular weight is 800 g/mol. The van der Waals surface area contributed by atoms with Crippen molar-refractivity contribution in [1.29, 1.82) is 0 Å². The molecule has 0 bridgehead atoms. The molecule has 4 aliphatic carbocycles. The van der Waals surface area contributed by atoms with Crippen LogP contribution in [-0.4, -0.2) is 48.6 Å². The number of allylic oxidation sites excluding steroid dienone is 2. The summed E-state index contributed by atoms with van der Waals surface area (Å²) in [7, 11) is 0. The van der Waals surface area contributed by atoms with Crippen LogP contribution in [-0.2, 0) is 41.3 Å². The predicted molar refractivity (Wildman–Crippen MR) is 252 cm³/mol. The van der Waals surface area contributed by atoms with E-state index in [2.05, 4.69) is 140 Å². The Hall–Kier alpha value is -4.54. The highest BCUT2D eigenvalue weighted by molar-refractivity contribution is 5.99. The molecule has 7 aliphatic rings. The van der Waals surface area contributed by atoms with E-state index in [-0.39, 0.29) is 11.3 Å². The molecule has 314 valence electrons. The van der Waals surface area contributed by atoms with E-state index in [0.717, 1.165) is 51.1 Å². The van der Waals surface area contributed by atoms with E-state index in [1.807, 2.05) is 6.07 Å². The predicted octanol–water partition coefficient (Wildman–Crippen LogP) is 12.1. The second-order valence-corrected chi connectivity index (χ2v) is 18.1. The first kappa shape index (κ1) is 42.2. The number of Topliss-reactive ketones (excluding diaryl/α,β-unsaturated/α-hetero) is 1. The van der Waals surface area contributed by atoms with Crippen molar-refractivity contribution in [1.82, 2.24) is 10.2 Å². The molecule has 2 fully saturated rings. The minimum absolute atomic E-state index is 0.118. The average Bonchev–Trinajstić information content (AvgIpc) is 3.87. The van der Waals surface area contributed by atoms with Gasteiger partial charge in [-0.2, -0.15) is 0 Å². The Labute approximate surface area is 361 Å². The summed E-state index contributed by atoms with van der Waals surface area (Å²) >= 11 is 0. The van der Waals surface area contributed by atoms with E-state index in [0.29, 0.717) is 11.2 Å². The number of carbonyl (C=O) groups excluding carboxylic acids is 1. The number of rotatable bonds is 4. The molecule has 4 heteroatoms. The molecule has 0 amide bonds. The van der Waals surface area contributed by atoms with Gasteiger partial charge in [-0.15, -0.1) is 0 Å². The zero-order chi connectivity index (χ0) is 41.4. The van der Waals surface area contributed by atoms with Crippen LogP contribution in [0.15, 0.2) is 120 Å². The van der Waals surface area contributed by atoms with Crippen molar-refractivity contribution >= 4 is 17.6 Å². The first-order chi connectivity index (χ1) is 29.5. The molecule has 60 heavy (non-hydrogen) atoms. The summed E-state index contributed by atoms with van der Waals surface area (Å²) in [5, 5.41) is 3.75. The quantitative estimate of drug-likeness (QED) is 0.209. The van der Waals surface area contributed by atoms with Gasteiger partial charge in [-0.05, 0) is 147 Å². The summed E-state index contributed by atoms with van der Waals surface area (Å²) in [6, 6.07) is 35.8. The van der Waals surface area contributed by atoms with Crippen molar-refractivity contribution in [3.05, 3.63) is 159 Å². The number of hydrogen-bond acceptors (Lipinski definition) is 4. The molecule has 2 saturated heterocycles. The van der Waals surface area contributed by atoms with Crippen molar-refractivity contribution in [3.8, 4) is 0 Å². The van der Waals surface area contributed by atoms with Crippen LogP contribution >= 0.6 is 0 Å². The smallest absolute Gasteiger partial charge is 0.140 e. The summed E-state index contributed by atoms with van der Waals surface area (Å²) in [6.45, 7) is 11.4. The third-order valence-electron chi connectivity index (χ3n) is 15.1. The Kier molecular flexibility index (Phi) is 13.7. The van der Waals surface area contributed by atoms with Crippen LogP contribution in [0.3, 0.4) is 0 Å². The Morgan fingerprint density at radius 2 is 1.35 bits per heavy atom. The Morgan fingerprint density at radius 3 is 2.12 bits per heavy atom. The lowest BCUT2D eigenvalue weighted by Crippen LogP contribution is -2.54. The lowest BCUT2D eigenvalue weighted by Gasteiger charge is -2.49. The van der Waals surface area contributed by atoms with Gasteiger partial charge >= 0.3 is 0 Å². The van der Waals surface area contributed by atoms with Crippen LogP contribution in [0.1, 0.15) is 142 Å². The van der Waals surface area contributed by atoms with Crippen LogP contribution in [0.5, 0.6) is 0 Å². The number of carbonyl (C=O) groups is 1. The van der Waals surface area contributed by atoms with Crippen molar-refractivity contribution in [3.63, 3.8) is 0 Å². The molecule has 11 rings (SSSR count). The summed E-state index contributed by atoms with van der Waals surface area (Å²) in [5.74, 6) is 0.589. The molecule has 4 aromatic carbocycles. The first-order valence-electron chi connectivity index (χ1n) is 23.7. The van der Waals surface area contributed by atoms with Gasteiger partial charge in [0.2, 0.25) is 0 Å². The van der Waals surface area contributed by atoms with Gasteiger partial charge in [0.25, 0.3) is 0 Å². The molecule has 3 aliphatic heterocycles. The summed E-state index contributed by atoms with van der Waals surface area (Å²) in [4.78, 5) is 18.9. The van der Waals surface area contributed by atoms with Crippen LogP contribution < -0.4 is 5.32 Å². The molecule has 0 saturated carbocycles. The van der Waals surface area contributed by atoms with E-state index in [4.69, 9.17) is 4.99 Å². The number of fused-ring (bicyclic) bond motifs is 8. The Balaban J connectivity index is 0.000000111. The molecule has 2 unspecified atom stereocenters. The molecule has 4 aromatic rings. The number of aryl methyl sites for hydroxylation is 4. The standard InChI is InChI=1S/C15H21N.C15H17N.C14H17N.C12H14O/c2*1-2-15-10-5-11-16-14(15)9-8-12-6-3-4-7-13(12)15;1-2-6-13-11-14(8-7-12(13)5-1)15-9-3-4-10-15;1-2-10-11-6-4-3-5-9(11)7-8-12(10)13/h3-4,6-7,14,16H,2,5,8-11H2,1H3;3-7,10H,2,8-9,11H2,1H3;1-2,5-6,11H,3-4,7-10H2;3-6,10H,2,7-8H2,1H3/t14-,15-;;;/m1.../s1. The highest BCUT2D eigenvalue weighted by Gasteiger charge is 2.44. The minimum Gasteiger partial charge on any atom is -0.375 e. The number of hydrogen-bond donors (Lipinski definition) is 1. The fourth-order valence-corrected chi connectivity index (χ4v) is 11.9. The van der Waals surface area contributed by atoms with Gasteiger partial charge in [0.05, 0.1) is 12.0 Å². The number of benzene rings is 4. The first-order valence-corrected chi connectivity index (χ1v) is 23.7. The molecule has 4 nitrogen and oxygen atoms in total. The molecule has 0 aromatic heterocycles. The minimum atomic E-state index is 0.118. The van der Waals surface area contributed by atoms with Crippen molar-refractivity contribution in [2.24, 2.45) is 4.99 Å². The van der Waals surface area contributed by atoms with Gasteiger partial charge in [-0.25, -0.2) is 0 Å².